The fourth-order valence-corrected chi connectivity index (χ4v) is 1.14. The minimum atomic E-state index is 0.176. The van der Waals surface area contributed by atoms with Crippen molar-refractivity contribution in [2.45, 2.75) is 26.3 Å². The number of aromatic nitrogens is 2. The Morgan fingerprint density at radius 1 is 1.43 bits per heavy atom. The van der Waals surface area contributed by atoms with Crippen molar-refractivity contribution >= 4 is 0 Å². The van der Waals surface area contributed by atoms with Gasteiger partial charge in [-0.3, -0.25) is 9.97 Å². The van der Waals surface area contributed by atoms with E-state index in [-0.39, 0.29) is 6.04 Å². The summed E-state index contributed by atoms with van der Waals surface area (Å²) in [6.07, 6.45) is 4.34. The number of nitrogens with zero attached hydrogens (tertiary/aromatic N) is 2. The highest BCUT2D eigenvalue weighted by Crippen LogP contribution is 2.11. The largest absolute Gasteiger partial charge is 0.311 e. The van der Waals surface area contributed by atoms with E-state index in [0.29, 0.717) is 0 Å². The molecule has 1 N–H and O–H groups in total. The van der Waals surface area contributed by atoms with Crippen LogP contribution in [-0.4, -0.2) is 17.0 Å². The van der Waals surface area contributed by atoms with Crippen LogP contribution in [0.1, 0.15) is 30.8 Å². The first-order valence-corrected chi connectivity index (χ1v) is 4.63. The third kappa shape index (κ3) is 2.82. The van der Waals surface area contributed by atoms with E-state index >= 15 is 0 Å². The van der Waals surface area contributed by atoms with Gasteiger partial charge in [0.15, 0.2) is 0 Å². The lowest BCUT2D eigenvalue weighted by Crippen LogP contribution is -2.17. The van der Waals surface area contributed by atoms with Crippen molar-refractivity contribution in [3.63, 3.8) is 0 Å². The summed E-state index contributed by atoms with van der Waals surface area (Å²) in [4.78, 5) is 8.51. The molecule has 0 aliphatic heterocycles. The summed E-state index contributed by atoms with van der Waals surface area (Å²) in [7, 11) is 1.91. The zero-order valence-corrected chi connectivity index (χ0v) is 8.83. The van der Waals surface area contributed by atoms with E-state index in [9.17, 15) is 0 Å². The lowest BCUT2D eigenvalue weighted by Gasteiger charge is -2.11. The SMILES string of the molecule is CC#CCC(NC)c1cnc(C)cn1. The fraction of sp³-hybridized carbons (Fsp3) is 0.455. The first kappa shape index (κ1) is 10.7. The molecule has 0 spiro atoms. The van der Waals surface area contributed by atoms with Gasteiger partial charge in [0.1, 0.15) is 0 Å². The van der Waals surface area contributed by atoms with Crippen LogP contribution < -0.4 is 5.32 Å². The summed E-state index contributed by atoms with van der Waals surface area (Å²) in [6.45, 7) is 3.77. The predicted molar refractivity (Wildman–Crippen MR) is 56.6 cm³/mol. The summed E-state index contributed by atoms with van der Waals surface area (Å²) in [5.41, 5.74) is 1.88. The molecule has 0 fully saturated rings. The molecule has 0 amide bonds. The van der Waals surface area contributed by atoms with Crippen LogP contribution in [0.5, 0.6) is 0 Å². The summed E-state index contributed by atoms with van der Waals surface area (Å²) < 4.78 is 0. The highest BCUT2D eigenvalue weighted by Gasteiger charge is 2.08. The maximum Gasteiger partial charge on any atom is 0.0765 e. The van der Waals surface area contributed by atoms with Gasteiger partial charge in [-0.2, -0.15) is 0 Å². The normalized spacial score (nSPS) is 11.6. The van der Waals surface area contributed by atoms with E-state index in [1.807, 2.05) is 20.9 Å². The monoisotopic (exact) mass is 189 g/mol. The average molecular weight is 189 g/mol. The van der Waals surface area contributed by atoms with Gasteiger partial charge >= 0.3 is 0 Å². The quantitative estimate of drug-likeness (QED) is 0.731. The van der Waals surface area contributed by atoms with E-state index in [1.165, 1.54) is 0 Å². The van der Waals surface area contributed by atoms with Crippen LogP contribution >= 0.6 is 0 Å². The third-order valence-corrected chi connectivity index (χ3v) is 1.99. The highest BCUT2D eigenvalue weighted by atomic mass is 14.9. The van der Waals surface area contributed by atoms with Crippen molar-refractivity contribution in [3.8, 4) is 11.8 Å². The lowest BCUT2D eigenvalue weighted by molar-refractivity contribution is 0.590. The molecule has 3 nitrogen and oxygen atoms in total. The predicted octanol–water partition coefficient (Wildman–Crippen LogP) is 1.46. The molecule has 1 atom stereocenters. The van der Waals surface area contributed by atoms with E-state index in [1.54, 1.807) is 12.4 Å². The van der Waals surface area contributed by atoms with Gasteiger partial charge in [-0.1, -0.05) is 0 Å². The van der Waals surface area contributed by atoms with Gasteiger partial charge in [0.2, 0.25) is 0 Å². The third-order valence-electron chi connectivity index (χ3n) is 1.99. The molecule has 0 bridgehead atoms. The molecular weight excluding hydrogens is 174 g/mol. The van der Waals surface area contributed by atoms with Crippen LogP contribution in [0.25, 0.3) is 0 Å². The molecule has 0 saturated heterocycles. The first-order chi connectivity index (χ1) is 6.77. The number of hydrogen-bond acceptors (Lipinski definition) is 3. The molecule has 0 saturated carbocycles. The molecule has 1 unspecified atom stereocenters. The number of aryl methyl sites for hydroxylation is 1. The van der Waals surface area contributed by atoms with Crippen LogP contribution in [0.3, 0.4) is 0 Å². The van der Waals surface area contributed by atoms with Gasteiger partial charge in [0.05, 0.1) is 23.6 Å². The fourth-order valence-electron chi connectivity index (χ4n) is 1.14. The molecule has 0 aromatic carbocycles. The molecule has 0 radical (unpaired) electrons. The molecule has 1 aromatic heterocycles. The van der Waals surface area contributed by atoms with E-state index < -0.39 is 0 Å². The van der Waals surface area contributed by atoms with Gasteiger partial charge in [0, 0.05) is 12.6 Å². The number of rotatable bonds is 3. The van der Waals surface area contributed by atoms with Crippen LogP contribution in [0, 0.1) is 18.8 Å². The maximum atomic E-state index is 4.31. The smallest absolute Gasteiger partial charge is 0.0765 e. The molecule has 74 valence electrons. The molecule has 14 heavy (non-hydrogen) atoms. The van der Waals surface area contributed by atoms with Gasteiger partial charge in [-0.25, -0.2) is 0 Å². The van der Waals surface area contributed by atoms with Crippen molar-refractivity contribution < 1.29 is 0 Å². The van der Waals surface area contributed by atoms with Crippen molar-refractivity contribution in [2.75, 3.05) is 7.05 Å². The Morgan fingerprint density at radius 3 is 2.71 bits per heavy atom. The number of hydrogen-bond donors (Lipinski definition) is 1. The minimum Gasteiger partial charge on any atom is -0.311 e. The molecule has 1 aromatic rings. The van der Waals surface area contributed by atoms with E-state index in [0.717, 1.165) is 17.8 Å². The van der Waals surface area contributed by atoms with E-state index in [2.05, 4.69) is 27.1 Å². The lowest BCUT2D eigenvalue weighted by atomic mass is 10.1. The van der Waals surface area contributed by atoms with Crippen LogP contribution in [0.4, 0.5) is 0 Å². The molecule has 0 aliphatic rings. The van der Waals surface area contributed by atoms with Crippen molar-refractivity contribution in [1.82, 2.24) is 15.3 Å². The van der Waals surface area contributed by atoms with Crippen molar-refractivity contribution in [2.24, 2.45) is 0 Å². The maximum absolute atomic E-state index is 4.31. The Balaban J connectivity index is 2.76. The standard InChI is InChI=1S/C11H15N3/c1-4-5-6-10(12-3)11-8-13-9(2)7-14-11/h7-8,10,12H,6H2,1-3H3. The first-order valence-electron chi connectivity index (χ1n) is 4.63. The highest BCUT2D eigenvalue weighted by molar-refractivity contribution is 5.10. The molecular formula is C11H15N3. The summed E-state index contributed by atoms with van der Waals surface area (Å²) in [5.74, 6) is 5.91. The Bertz CT molecular complexity index is 332. The van der Waals surface area contributed by atoms with Gasteiger partial charge < -0.3 is 5.32 Å². The summed E-state index contributed by atoms with van der Waals surface area (Å²) in [6, 6.07) is 0.176. The van der Waals surface area contributed by atoms with Gasteiger partial charge in [-0.15, -0.1) is 11.8 Å². The van der Waals surface area contributed by atoms with Gasteiger partial charge in [-0.05, 0) is 20.9 Å². The van der Waals surface area contributed by atoms with Crippen molar-refractivity contribution in [1.29, 1.82) is 0 Å². The van der Waals surface area contributed by atoms with E-state index in [4.69, 9.17) is 0 Å². The average Bonchev–Trinajstić information content (AvgIpc) is 2.21. The summed E-state index contributed by atoms with van der Waals surface area (Å²) in [5, 5.41) is 3.17. The summed E-state index contributed by atoms with van der Waals surface area (Å²) >= 11 is 0. The Kier molecular flexibility index (Phi) is 4.09. The zero-order chi connectivity index (χ0) is 10.4. The number of nitrogens with one attached hydrogen (secondary N) is 1. The Hall–Kier alpha value is -1.40. The van der Waals surface area contributed by atoms with Crippen LogP contribution in [0.2, 0.25) is 0 Å². The second kappa shape index (κ2) is 5.36. The topological polar surface area (TPSA) is 37.8 Å². The Morgan fingerprint density at radius 2 is 2.21 bits per heavy atom. The second-order valence-electron chi connectivity index (χ2n) is 3.05. The van der Waals surface area contributed by atoms with Crippen LogP contribution in [-0.2, 0) is 0 Å². The van der Waals surface area contributed by atoms with Crippen LogP contribution in [0.15, 0.2) is 12.4 Å². The molecule has 0 aliphatic carbocycles. The van der Waals surface area contributed by atoms with Crippen molar-refractivity contribution in [3.05, 3.63) is 23.8 Å². The zero-order valence-electron chi connectivity index (χ0n) is 8.83. The molecule has 3 heteroatoms. The van der Waals surface area contributed by atoms with Gasteiger partial charge in [0.25, 0.3) is 0 Å². The molecule has 1 rings (SSSR count). The minimum absolute atomic E-state index is 0.176. The molecule has 1 heterocycles. The Labute approximate surface area is 85.0 Å². The second-order valence-corrected chi connectivity index (χ2v) is 3.05.